The first-order valence-electron chi connectivity index (χ1n) is 3.83. The molecule has 3 heteroatoms. The van der Waals surface area contributed by atoms with E-state index in [2.05, 4.69) is 50.7 Å². The maximum absolute atomic E-state index is 5.52. The third-order valence-electron chi connectivity index (χ3n) is 1.94. The monoisotopic (exact) mass is 338 g/mol. The largest absolute Gasteiger partial charge is 0.493 e. The average molecular weight is 339 g/mol. The smallest absolute Gasteiger partial charge is 0.123 e. The topological polar surface area (TPSA) is 9.23 Å². The van der Waals surface area contributed by atoms with Gasteiger partial charge in [0.1, 0.15) is 5.75 Å². The Morgan fingerprint density at radius 1 is 1.50 bits per heavy atom. The predicted molar refractivity (Wildman–Crippen MR) is 60.9 cm³/mol. The van der Waals surface area contributed by atoms with E-state index in [1.807, 2.05) is 6.07 Å². The van der Waals surface area contributed by atoms with Crippen LogP contribution < -0.4 is 4.74 Å². The second-order valence-electron chi connectivity index (χ2n) is 2.79. The van der Waals surface area contributed by atoms with Gasteiger partial charge in [-0.05, 0) is 47.2 Å². The van der Waals surface area contributed by atoms with Gasteiger partial charge in [-0.25, -0.2) is 0 Å². The van der Waals surface area contributed by atoms with Crippen LogP contribution in [0.5, 0.6) is 5.75 Å². The van der Waals surface area contributed by atoms with E-state index < -0.39 is 0 Å². The number of hydrogen-bond acceptors (Lipinski definition) is 1. The fraction of sp³-hybridized carbons (Fsp3) is 0.333. The minimum Gasteiger partial charge on any atom is -0.493 e. The number of rotatable bonds is 0. The Balaban J connectivity index is 2.47. The molecule has 1 nitrogen and oxygen atoms in total. The molecule has 1 heterocycles. The van der Waals surface area contributed by atoms with Crippen LogP contribution in [-0.4, -0.2) is 6.61 Å². The van der Waals surface area contributed by atoms with Crippen molar-refractivity contribution in [1.82, 2.24) is 0 Å². The highest BCUT2D eigenvalue weighted by Crippen LogP contribution is 2.38. The fourth-order valence-corrected chi connectivity index (χ4v) is 2.38. The van der Waals surface area contributed by atoms with Gasteiger partial charge in [0.2, 0.25) is 0 Å². The number of alkyl halides is 1. The number of fused-ring (bicyclic) bond motifs is 1. The Morgan fingerprint density at radius 2 is 2.33 bits per heavy atom. The molecule has 0 saturated heterocycles. The first-order valence-corrected chi connectivity index (χ1v) is 5.83. The van der Waals surface area contributed by atoms with E-state index in [4.69, 9.17) is 4.74 Å². The molecule has 0 aromatic heterocycles. The number of hydrogen-bond donors (Lipinski definition) is 0. The Bertz CT molecular complexity index is 301. The number of benzene rings is 1. The lowest BCUT2D eigenvalue weighted by Gasteiger charge is -2.21. The van der Waals surface area contributed by atoms with Crippen molar-refractivity contribution in [2.45, 2.75) is 11.2 Å². The lowest BCUT2D eigenvalue weighted by atomic mass is 10.1. The first kappa shape index (κ1) is 8.81. The zero-order chi connectivity index (χ0) is 8.55. The summed E-state index contributed by atoms with van der Waals surface area (Å²) in [6.45, 7) is 0.823. The Hall–Kier alpha value is 0.230. The van der Waals surface area contributed by atoms with Crippen LogP contribution in [0.2, 0.25) is 0 Å². The molecule has 1 aromatic rings. The van der Waals surface area contributed by atoms with Gasteiger partial charge in [-0.1, -0.05) is 15.9 Å². The summed E-state index contributed by atoms with van der Waals surface area (Å²) < 4.78 is 6.78. The highest BCUT2D eigenvalue weighted by atomic mass is 127. The molecule has 1 aliphatic rings. The summed E-state index contributed by atoms with van der Waals surface area (Å²) in [4.78, 5) is 0.468. The summed E-state index contributed by atoms with van der Waals surface area (Å²) in [6.07, 6.45) is 1.06. The quantitative estimate of drug-likeness (QED) is 0.519. The maximum atomic E-state index is 5.52. The van der Waals surface area contributed by atoms with Crippen LogP contribution in [0.1, 0.15) is 16.8 Å². The first-order chi connectivity index (χ1) is 5.77. The molecule has 0 spiro atoms. The van der Waals surface area contributed by atoms with Crippen molar-refractivity contribution in [2.24, 2.45) is 0 Å². The third kappa shape index (κ3) is 1.62. The molecule has 0 amide bonds. The van der Waals surface area contributed by atoms with Gasteiger partial charge in [-0.3, -0.25) is 0 Å². The molecule has 1 aromatic carbocycles. The van der Waals surface area contributed by atoms with E-state index >= 15 is 0 Å². The number of halogens is 2. The molecule has 0 radical (unpaired) electrons. The van der Waals surface area contributed by atoms with Gasteiger partial charge in [0, 0.05) is 14.0 Å². The van der Waals surface area contributed by atoms with Crippen molar-refractivity contribution in [2.75, 3.05) is 6.61 Å². The summed E-state index contributed by atoms with van der Waals surface area (Å²) in [5, 5.41) is 0. The second kappa shape index (κ2) is 3.54. The third-order valence-corrected chi connectivity index (χ3v) is 3.56. The second-order valence-corrected chi connectivity index (χ2v) is 5.14. The molecular formula is C9H8BrIO. The Kier molecular flexibility index (Phi) is 2.60. The summed E-state index contributed by atoms with van der Waals surface area (Å²) in [5.41, 5.74) is 1.29. The van der Waals surface area contributed by atoms with Crippen LogP contribution in [-0.2, 0) is 0 Å². The van der Waals surface area contributed by atoms with E-state index in [1.165, 1.54) is 9.13 Å². The number of ether oxygens (including phenoxy) is 1. The van der Waals surface area contributed by atoms with Crippen molar-refractivity contribution in [3.63, 3.8) is 0 Å². The molecule has 2 rings (SSSR count). The van der Waals surface area contributed by atoms with Crippen LogP contribution >= 0.6 is 38.5 Å². The van der Waals surface area contributed by atoms with E-state index in [1.54, 1.807) is 0 Å². The van der Waals surface area contributed by atoms with Crippen LogP contribution in [0.3, 0.4) is 0 Å². The molecule has 0 aliphatic carbocycles. The predicted octanol–water partition coefficient (Wildman–Crippen LogP) is 3.51. The van der Waals surface area contributed by atoms with E-state index in [0.717, 1.165) is 18.8 Å². The molecular weight excluding hydrogens is 331 g/mol. The van der Waals surface area contributed by atoms with Gasteiger partial charge >= 0.3 is 0 Å². The van der Waals surface area contributed by atoms with Gasteiger partial charge in [0.15, 0.2) is 0 Å². The molecule has 12 heavy (non-hydrogen) atoms. The van der Waals surface area contributed by atoms with Crippen LogP contribution in [0.15, 0.2) is 18.2 Å². The molecule has 1 atom stereocenters. The zero-order valence-corrected chi connectivity index (χ0v) is 10.1. The minimum absolute atomic E-state index is 0.468. The average Bonchev–Trinajstić information content (AvgIpc) is 2.07. The lowest BCUT2D eigenvalue weighted by Crippen LogP contribution is -2.10. The zero-order valence-electron chi connectivity index (χ0n) is 6.39. The molecule has 0 bridgehead atoms. The van der Waals surface area contributed by atoms with Crippen LogP contribution in [0.4, 0.5) is 0 Å². The van der Waals surface area contributed by atoms with Gasteiger partial charge in [-0.2, -0.15) is 0 Å². The normalized spacial score (nSPS) is 21.3. The van der Waals surface area contributed by atoms with Crippen LogP contribution in [0, 0.1) is 3.57 Å². The molecule has 0 fully saturated rings. The van der Waals surface area contributed by atoms with Gasteiger partial charge in [-0.15, -0.1) is 0 Å². The molecule has 1 aliphatic heterocycles. The van der Waals surface area contributed by atoms with Gasteiger partial charge in [0.05, 0.1) is 6.61 Å². The molecule has 64 valence electrons. The summed E-state index contributed by atoms with van der Waals surface area (Å²) in [7, 11) is 0. The SMILES string of the molecule is BrC1CCOc2ccc(I)cc21. The van der Waals surface area contributed by atoms with E-state index in [9.17, 15) is 0 Å². The summed E-state index contributed by atoms with van der Waals surface area (Å²) in [5.74, 6) is 1.03. The minimum atomic E-state index is 0.468. The standard InChI is InChI=1S/C9H8BrIO/c10-8-3-4-12-9-2-1-6(11)5-7(8)9/h1-2,5,8H,3-4H2. The van der Waals surface area contributed by atoms with Crippen molar-refractivity contribution < 1.29 is 4.74 Å². The van der Waals surface area contributed by atoms with E-state index in [0.29, 0.717) is 4.83 Å². The molecule has 1 unspecified atom stereocenters. The van der Waals surface area contributed by atoms with Crippen molar-refractivity contribution >= 4 is 38.5 Å². The fourth-order valence-electron chi connectivity index (χ4n) is 1.32. The highest BCUT2D eigenvalue weighted by molar-refractivity contribution is 14.1. The Labute approximate surface area is 93.8 Å². The van der Waals surface area contributed by atoms with Crippen molar-refractivity contribution in [3.8, 4) is 5.75 Å². The lowest BCUT2D eigenvalue weighted by molar-refractivity contribution is 0.287. The molecule has 0 saturated carbocycles. The van der Waals surface area contributed by atoms with Gasteiger partial charge < -0.3 is 4.74 Å². The van der Waals surface area contributed by atoms with Crippen molar-refractivity contribution in [3.05, 3.63) is 27.3 Å². The maximum Gasteiger partial charge on any atom is 0.123 e. The van der Waals surface area contributed by atoms with Crippen LogP contribution in [0.25, 0.3) is 0 Å². The highest BCUT2D eigenvalue weighted by Gasteiger charge is 2.18. The van der Waals surface area contributed by atoms with E-state index in [-0.39, 0.29) is 0 Å². The summed E-state index contributed by atoms with van der Waals surface area (Å²) in [6, 6.07) is 6.30. The van der Waals surface area contributed by atoms with Gasteiger partial charge in [0.25, 0.3) is 0 Å². The van der Waals surface area contributed by atoms with Crippen molar-refractivity contribution in [1.29, 1.82) is 0 Å². The Morgan fingerprint density at radius 3 is 3.17 bits per heavy atom. The summed E-state index contributed by atoms with van der Waals surface area (Å²) >= 11 is 5.96. The molecule has 0 N–H and O–H groups in total.